The lowest BCUT2D eigenvalue weighted by atomic mass is 10.4. The minimum absolute atomic E-state index is 0.00340. The number of rotatable bonds is 7. The quantitative estimate of drug-likeness (QED) is 0.758. The summed E-state index contributed by atoms with van der Waals surface area (Å²) in [5.41, 5.74) is 0. The van der Waals surface area contributed by atoms with Crippen molar-refractivity contribution in [1.82, 2.24) is 10.0 Å². The molecule has 0 unspecified atom stereocenters. The molecule has 0 heterocycles. The Bertz CT molecular complexity index is 578. The van der Waals surface area contributed by atoms with Gasteiger partial charge in [-0.3, -0.25) is 4.79 Å². The number of benzene rings is 1. The third kappa shape index (κ3) is 5.40. The second-order valence-electron chi connectivity index (χ2n) is 4.07. The van der Waals surface area contributed by atoms with Crippen LogP contribution in [-0.4, -0.2) is 27.4 Å². The molecule has 0 radical (unpaired) electrons. The van der Waals surface area contributed by atoms with Gasteiger partial charge < -0.3 is 5.32 Å². The van der Waals surface area contributed by atoms with Crippen molar-refractivity contribution in [2.45, 2.75) is 24.7 Å². The SMILES string of the molecule is CCCNC(=O)CCNS(=O)(=O)c1ccc(Br)cc1Cl. The molecule has 0 saturated heterocycles. The number of carbonyl (C=O) groups is 1. The molecule has 0 aliphatic heterocycles. The van der Waals surface area contributed by atoms with Crippen LogP contribution >= 0.6 is 27.5 Å². The lowest BCUT2D eigenvalue weighted by Gasteiger charge is -2.08. The van der Waals surface area contributed by atoms with Crippen molar-refractivity contribution in [3.05, 3.63) is 27.7 Å². The number of carbonyl (C=O) groups excluding carboxylic acids is 1. The van der Waals surface area contributed by atoms with Crippen LogP contribution in [0.4, 0.5) is 0 Å². The van der Waals surface area contributed by atoms with E-state index in [9.17, 15) is 13.2 Å². The molecular weight excluding hydrogens is 368 g/mol. The normalized spacial score (nSPS) is 11.3. The highest BCUT2D eigenvalue weighted by Crippen LogP contribution is 2.24. The van der Waals surface area contributed by atoms with Gasteiger partial charge in [-0.2, -0.15) is 0 Å². The van der Waals surface area contributed by atoms with Crippen LogP contribution in [0.1, 0.15) is 19.8 Å². The van der Waals surface area contributed by atoms with E-state index in [-0.39, 0.29) is 28.8 Å². The lowest BCUT2D eigenvalue weighted by molar-refractivity contribution is -0.120. The minimum Gasteiger partial charge on any atom is -0.356 e. The van der Waals surface area contributed by atoms with Gasteiger partial charge in [-0.15, -0.1) is 0 Å². The third-order valence-corrected chi connectivity index (χ3v) is 4.84. The summed E-state index contributed by atoms with van der Waals surface area (Å²) in [6, 6.07) is 4.50. The van der Waals surface area contributed by atoms with E-state index in [4.69, 9.17) is 11.6 Å². The molecule has 0 aromatic heterocycles. The highest BCUT2D eigenvalue weighted by molar-refractivity contribution is 9.10. The molecule has 1 amide bonds. The summed E-state index contributed by atoms with van der Waals surface area (Å²) in [6.45, 7) is 2.56. The van der Waals surface area contributed by atoms with Crippen molar-refractivity contribution < 1.29 is 13.2 Å². The van der Waals surface area contributed by atoms with Gasteiger partial charge in [0.15, 0.2) is 0 Å². The van der Waals surface area contributed by atoms with Crippen molar-refractivity contribution in [2.75, 3.05) is 13.1 Å². The Hall–Kier alpha value is -0.630. The maximum absolute atomic E-state index is 12.0. The van der Waals surface area contributed by atoms with Gasteiger partial charge in [-0.05, 0) is 24.6 Å². The summed E-state index contributed by atoms with van der Waals surface area (Å²) < 4.78 is 27.1. The van der Waals surface area contributed by atoms with Crippen molar-refractivity contribution in [3.63, 3.8) is 0 Å². The Kier molecular flexibility index (Phi) is 6.94. The van der Waals surface area contributed by atoms with Crippen LogP contribution in [0.15, 0.2) is 27.6 Å². The summed E-state index contributed by atoms with van der Waals surface area (Å²) in [5, 5.41) is 2.80. The van der Waals surface area contributed by atoms with Crippen LogP contribution in [0, 0.1) is 0 Å². The molecule has 20 heavy (non-hydrogen) atoms. The molecule has 0 saturated carbocycles. The average molecular weight is 384 g/mol. The molecule has 0 bridgehead atoms. The molecule has 8 heteroatoms. The fourth-order valence-electron chi connectivity index (χ4n) is 1.42. The molecule has 1 aromatic carbocycles. The molecule has 0 aliphatic carbocycles. The van der Waals surface area contributed by atoms with Crippen LogP contribution in [0.2, 0.25) is 5.02 Å². The van der Waals surface area contributed by atoms with Crippen LogP contribution in [-0.2, 0) is 14.8 Å². The Morgan fingerprint density at radius 1 is 1.35 bits per heavy atom. The van der Waals surface area contributed by atoms with Gasteiger partial charge in [-0.1, -0.05) is 34.5 Å². The van der Waals surface area contributed by atoms with Gasteiger partial charge in [0, 0.05) is 24.0 Å². The first kappa shape index (κ1) is 17.4. The van der Waals surface area contributed by atoms with Crippen LogP contribution in [0.3, 0.4) is 0 Å². The Morgan fingerprint density at radius 2 is 2.05 bits per heavy atom. The number of amides is 1. The summed E-state index contributed by atoms with van der Waals surface area (Å²) in [4.78, 5) is 11.4. The van der Waals surface area contributed by atoms with Gasteiger partial charge >= 0.3 is 0 Å². The van der Waals surface area contributed by atoms with E-state index >= 15 is 0 Å². The van der Waals surface area contributed by atoms with E-state index in [0.717, 1.165) is 6.42 Å². The molecule has 5 nitrogen and oxygen atoms in total. The predicted molar refractivity (Wildman–Crippen MR) is 82.3 cm³/mol. The van der Waals surface area contributed by atoms with Crippen molar-refractivity contribution in [3.8, 4) is 0 Å². The minimum atomic E-state index is -3.71. The number of hydrogen-bond donors (Lipinski definition) is 2. The first-order chi connectivity index (χ1) is 9.36. The van der Waals surface area contributed by atoms with Crippen molar-refractivity contribution >= 4 is 43.5 Å². The predicted octanol–water partition coefficient (Wildman–Crippen LogP) is 2.30. The Labute approximate surface area is 132 Å². The maximum atomic E-state index is 12.0. The smallest absolute Gasteiger partial charge is 0.242 e. The summed E-state index contributed by atoms with van der Waals surface area (Å²) >= 11 is 9.10. The van der Waals surface area contributed by atoms with E-state index in [1.54, 1.807) is 6.07 Å². The fourth-order valence-corrected chi connectivity index (χ4v) is 3.49. The van der Waals surface area contributed by atoms with Crippen molar-refractivity contribution in [1.29, 1.82) is 0 Å². The maximum Gasteiger partial charge on any atom is 0.242 e. The van der Waals surface area contributed by atoms with E-state index in [1.165, 1.54) is 12.1 Å². The summed E-state index contributed by atoms with van der Waals surface area (Å²) in [7, 11) is -3.71. The van der Waals surface area contributed by atoms with Gasteiger partial charge in [0.25, 0.3) is 0 Å². The van der Waals surface area contributed by atoms with E-state index < -0.39 is 10.0 Å². The average Bonchev–Trinajstić information content (AvgIpc) is 2.35. The highest BCUT2D eigenvalue weighted by atomic mass is 79.9. The van der Waals surface area contributed by atoms with Gasteiger partial charge in [0.1, 0.15) is 4.90 Å². The van der Waals surface area contributed by atoms with Gasteiger partial charge in [0.2, 0.25) is 15.9 Å². The highest BCUT2D eigenvalue weighted by Gasteiger charge is 2.17. The Morgan fingerprint density at radius 3 is 2.65 bits per heavy atom. The molecular formula is C12H16BrClN2O3S. The van der Waals surface area contributed by atoms with E-state index in [2.05, 4.69) is 26.0 Å². The summed E-state index contributed by atoms with van der Waals surface area (Å²) in [6.07, 6.45) is 0.930. The summed E-state index contributed by atoms with van der Waals surface area (Å²) in [5.74, 6) is -0.184. The zero-order valence-corrected chi connectivity index (χ0v) is 14.1. The standard InChI is InChI=1S/C12H16BrClN2O3S/c1-2-6-15-12(17)5-7-16-20(18,19)11-4-3-9(13)8-10(11)14/h3-4,8,16H,2,5-7H2,1H3,(H,15,17). The van der Waals surface area contributed by atoms with Crippen molar-refractivity contribution in [2.24, 2.45) is 0 Å². The third-order valence-electron chi connectivity index (χ3n) is 2.40. The molecule has 0 spiro atoms. The monoisotopic (exact) mass is 382 g/mol. The number of nitrogens with one attached hydrogen (secondary N) is 2. The van der Waals surface area contributed by atoms with Gasteiger partial charge in [0.05, 0.1) is 5.02 Å². The first-order valence-electron chi connectivity index (χ1n) is 6.08. The second kappa shape index (κ2) is 7.97. The number of halogens is 2. The molecule has 2 N–H and O–H groups in total. The Balaban J connectivity index is 2.60. The fraction of sp³-hybridized carbons (Fsp3) is 0.417. The molecule has 112 valence electrons. The molecule has 0 fully saturated rings. The number of sulfonamides is 1. The zero-order valence-electron chi connectivity index (χ0n) is 10.9. The topological polar surface area (TPSA) is 75.3 Å². The molecule has 1 rings (SSSR count). The van der Waals surface area contributed by atoms with Crippen LogP contribution in [0.25, 0.3) is 0 Å². The zero-order chi connectivity index (χ0) is 15.2. The largest absolute Gasteiger partial charge is 0.356 e. The van der Waals surface area contributed by atoms with Gasteiger partial charge in [-0.25, -0.2) is 13.1 Å². The number of hydrogen-bond acceptors (Lipinski definition) is 3. The second-order valence-corrected chi connectivity index (χ2v) is 7.13. The van der Waals surface area contributed by atoms with E-state index in [0.29, 0.717) is 11.0 Å². The molecule has 0 atom stereocenters. The molecule has 0 aliphatic rings. The van der Waals surface area contributed by atoms with Crippen LogP contribution < -0.4 is 10.0 Å². The van der Waals surface area contributed by atoms with E-state index in [1.807, 2.05) is 6.92 Å². The molecule has 1 aromatic rings. The van der Waals surface area contributed by atoms with Crippen LogP contribution in [0.5, 0.6) is 0 Å². The first-order valence-corrected chi connectivity index (χ1v) is 8.73. The lowest BCUT2D eigenvalue weighted by Crippen LogP contribution is -2.31.